The molecule has 1 nitrogen and oxygen atoms in total. The minimum absolute atomic E-state index is 0.618. The van der Waals surface area contributed by atoms with E-state index in [1.807, 2.05) is 17.6 Å². The molecule has 0 N–H and O–H groups in total. The molecule has 0 spiro atoms. The molecule has 0 heterocycles. The van der Waals surface area contributed by atoms with E-state index in [0.29, 0.717) is 11.5 Å². The van der Waals surface area contributed by atoms with E-state index in [2.05, 4.69) is 55.5 Å². The Labute approximate surface area is 143 Å². The average molecular weight is 349 g/mol. The van der Waals surface area contributed by atoms with E-state index < -0.39 is 10.8 Å². The van der Waals surface area contributed by atoms with Crippen LogP contribution in [0.5, 0.6) is 0 Å². The predicted octanol–water partition coefficient (Wildman–Crippen LogP) is 5.34. The molecule has 0 radical (unpaired) electrons. The highest BCUT2D eigenvalue weighted by Crippen LogP contribution is 2.26. The van der Waals surface area contributed by atoms with Crippen molar-refractivity contribution in [3.8, 4) is 0 Å². The molecule has 116 valence electrons. The van der Waals surface area contributed by atoms with Gasteiger partial charge in [0.05, 0.1) is 0 Å². The summed E-state index contributed by atoms with van der Waals surface area (Å²) in [6.45, 7) is 2.06. The van der Waals surface area contributed by atoms with Crippen molar-refractivity contribution in [3.05, 3.63) is 82.8 Å². The Kier molecular flexibility index (Phi) is 7.85. The lowest BCUT2D eigenvalue weighted by atomic mass is 10.2. The second-order valence-electron chi connectivity index (χ2n) is 4.95. The lowest BCUT2D eigenvalue weighted by Gasteiger charge is -2.01. The number of hydrogen-bond acceptors (Lipinski definition) is 3. The molecule has 1 unspecified atom stereocenters. The molecule has 1 atom stereocenters. The maximum Gasteiger partial charge on any atom is 0.0488 e. The Morgan fingerprint density at radius 3 is 2.45 bits per heavy atom. The first-order valence-electron chi connectivity index (χ1n) is 7.12. The molecule has 0 aliphatic carbocycles. The number of benzene rings is 2. The van der Waals surface area contributed by atoms with Gasteiger partial charge in [-0.2, -0.15) is 0 Å². The Hall–Kier alpha value is -0.970. The van der Waals surface area contributed by atoms with E-state index in [1.165, 1.54) is 11.1 Å². The Morgan fingerprint density at radius 2 is 1.73 bits per heavy atom. The molecule has 2 aromatic carbocycles. The number of hydrogen-bond donors (Lipinski definition) is 0. The van der Waals surface area contributed by atoms with Crippen molar-refractivity contribution in [3.63, 3.8) is 0 Å². The van der Waals surface area contributed by atoms with Crippen LogP contribution in [-0.4, -0.2) is 9.96 Å². The molecule has 0 aromatic heterocycles. The highest BCUT2D eigenvalue weighted by Gasteiger charge is 1.99. The van der Waals surface area contributed by atoms with Gasteiger partial charge < -0.3 is 0 Å². The number of aryl methyl sites for hydroxylation is 1. The summed E-state index contributed by atoms with van der Waals surface area (Å²) in [5.74, 6) is 2.24. The SMILES string of the molecule is Cc1ccc(CS(=O)CC=CSSCc2ccccc2)cc1. The van der Waals surface area contributed by atoms with Crippen LogP contribution < -0.4 is 0 Å². The summed E-state index contributed by atoms with van der Waals surface area (Å²) in [5, 5.41) is 2.04. The van der Waals surface area contributed by atoms with Gasteiger partial charge in [0.1, 0.15) is 0 Å². The zero-order valence-corrected chi connectivity index (χ0v) is 15.1. The van der Waals surface area contributed by atoms with E-state index in [9.17, 15) is 4.21 Å². The molecule has 0 saturated carbocycles. The molecule has 0 bridgehead atoms. The standard InChI is InChI=1S/C18H20OS3/c1-16-8-10-18(11-9-16)15-22(19)13-5-12-20-21-14-17-6-3-2-4-7-17/h2-12H,13-15H2,1H3. The van der Waals surface area contributed by atoms with Crippen LogP contribution in [0.3, 0.4) is 0 Å². The van der Waals surface area contributed by atoms with Crippen molar-refractivity contribution in [1.29, 1.82) is 0 Å². The van der Waals surface area contributed by atoms with Crippen LogP contribution in [0.25, 0.3) is 0 Å². The molecule has 22 heavy (non-hydrogen) atoms. The Morgan fingerprint density at radius 1 is 1.00 bits per heavy atom. The van der Waals surface area contributed by atoms with Crippen molar-refractivity contribution in [2.24, 2.45) is 0 Å². The lowest BCUT2D eigenvalue weighted by Crippen LogP contribution is -1.98. The van der Waals surface area contributed by atoms with Crippen molar-refractivity contribution in [2.75, 3.05) is 5.75 Å². The third-order valence-corrected chi connectivity index (χ3v) is 6.22. The van der Waals surface area contributed by atoms with Crippen LogP contribution in [0, 0.1) is 6.92 Å². The minimum Gasteiger partial charge on any atom is -0.259 e. The van der Waals surface area contributed by atoms with Gasteiger partial charge in [-0.05, 0) is 23.5 Å². The largest absolute Gasteiger partial charge is 0.259 e. The van der Waals surface area contributed by atoms with E-state index in [0.717, 1.165) is 11.3 Å². The average Bonchev–Trinajstić information content (AvgIpc) is 2.54. The quantitative estimate of drug-likeness (QED) is 0.473. The van der Waals surface area contributed by atoms with Crippen molar-refractivity contribution in [1.82, 2.24) is 0 Å². The van der Waals surface area contributed by atoms with Crippen molar-refractivity contribution < 1.29 is 4.21 Å². The van der Waals surface area contributed by atoms with Crippen molar-refractivity contribution in [2.45, 2.75) is 18.4 Å². The summed E-state index contributed by atoms with van der Waals surface area (Å²) in [6, 6.07) is 18.7. The zero-order chi connectivity index (χ0) is 15.6. The van der Waals surface area contributed by atoms with Crippen LogP contribution in [-0.2, 0) is 22.3 Å². The van der Waals surface area contributed by atoms with Gasteiger partial charge in [-0.25, -0.2) is 0 Å². The molecular formula is C18H20OS3. The zero-order valence-electron chi connectivity index (χ0n) is 12.6. The predicted molar refractivity (Wildman–Crippen MR) is 102 cm³/mol. The van der Waals surface area contributed by atoms with Gasteiger partial charge in [-0.3, -0.25) is 4.21 Å². The summed E-state index contributed by atoms with van der Waals surface area (Å²) in [4.78, 5) is 0. The van der Waals surface area contributed by atoms with Gasteiger partial charge in [0.2, 0.25) is 0 Å². The topological polar surface area (TPSA) is 17.1 Å². The molecular weight excluding hydrogens is 328 g/mol. The van der Waals surface area contributed by atoms with Gasteiger partial charge in [0.15, 0.2) is 0 Å². The summed E-state index contributed by atoms with van der Waals surface area (Å²) in [7, 11) is 2.67. The maximum atomic E-state index is 12.0. The molecule has 0 fully saturated rings. The highest BCUT2D eigenvalue weighted by atomic mass is 33.1. The minimum atomic E-state index is -0.828. The van der Waals surface area contributed by atoms with E-state index >= 15 is 0 Å². The molecule has 0 aliphatic heterocycles. The second-order valence-corrected chi connectivity index (χ2v) is 8.73. The third kappa shape index (κ3) is 6.86. The summed E-state index contributed by atoms with van der Waals surface area (Å²) in [6.07, 6.45) is 2.01. The molecule has 2 aromatic rings. The highest BCUT2D eigenvalue weighted by molar-refractivity contribution is 8.77. The van der Waals surface area contributed by atoms with Crippen LogP contribution in [0.1, 0.15) is 16.7 Å². The Balaban J connectivity index is 1.62. The van der Waals surface area contributed by atoms with Crippen LogP contribution >= 0.6 is 21.6 Å². The summed E-state index contributed by atoms with van der Waals surface area (Å²) in [5.41, 5.74) is 3.71. The fourth-order valence-corrected chi connectivity index (χ4v) is 4.68. The normalized spacial score (nSPS) is 12.6. The van der Waals surface area contributed by atoms with Gasteiger partial charge in [-0.15, -0.1) is 0 Å². The lowest BCUT2D eigenvalue weighted by molar-refractivity contribution is 0.684. The fourth-order valence-electron chi connectivity index (χ4n) is 1.83. The first-order chi connectivity index (χ1) is 10.7. The second kappa shape index (κ2) is 9.93. The molecule has 4 heteroatoms. The van der Waals surface area contributed by atoms with Crippen LogP contribution in [0.15, 0.2) is 66.1 Å². The molecule has 0 saturated heterocycles. The molecule has 0 amide bonds. The summed E-state index contributed by atoms with van der Waals surface area (Å²) >= 11 is 0. The Bertz CT molecular complexity index is 606. The molecule has 2 rings (SSSR count). The van der Waals surface area contributed by atoms with E-state index in [1.54, 1.807) is 21.6 Å². The summed E-state index contributed by atoms with van der Waals surface area (Å²) < 4.78 is 12.0. The first-order valence-corrected chi connectivity index (χ1v) is 11.0. The van der Waals surface area contributed by atoms with Crippen LogP contribution in [0.4, 0.5) is 0 Å². The molecule has 0 aliphatic rings. The van der Waals surface area contributed by atoms with Gasteiger partial charge >= 0.3 is 0 Å². The van der Waals surface area contributed by atoms with Gasteiger partial charge in [0, 0.05) is 28.1 Å². The fraction of sp³-hybridized carbons (Fsp3) is 0.222. The smallest absolute Gasteiger partial charge is 0.0488 e. The van der Waals surface area contributed by atoms with Crippen LogP contribution in [0.2, 0.25) is 0 Å². The first kappa shape index (κ1) is 17.4. The van der Waals surface area contributed by atoms with Gasteiger partial charge in [-0.1, -0.05) is 87.8 Å². The van der Waals surface area contributed by atoms with E-state index in [-0.39, 0.29) is 0 Å². The number of rotatable bonds is 8. The third-order valence-electron chi connectivity index (χ3n) is 3.02. The monoisotopic (exact) mass is 348 g/mol. The van der Waals surface area contributed by atoms with E-state index in [4.69, 9.17) is 0 Å². The van der Waals surface area contributed by atoms with Gasteiger partial charge in [0.25, 0.3) is 0 Å². The van der Waals surface area contributed by atoms with Crippen molar-refractivity contribution >= 4 is 32.4 Å². The maximum absolute atomic E-state index is 12.0.